The number of likely N-dealkylation sites (N-methyl/N-ethyl adjacent to an activating group) is 2. The number of benzene rings is 1. The van der Waals surface area contributed by atoms with Gasteiger partial charge in [0, 0.05) is 25.2 Å². The minimum absolute atomic E-state index is 0.171. The first-order valence-electron chi connectivity index (χ1n) is 7.08. The SMILES string of the molecule is CCN1CCCC1CN(C)C(=O)c1cc(F)c(F)c(F)c1. The first-order valence-corrected chi connectivity index (χ1v) is 7.08. The predicted molar refractivity (Wildman–Crippen MR) is 73.5 cm³/mol. The Morgan fingerprint density at radius 2 is 1.95 bits per heavy atom. The molecule has 1 aromatic carbocycles. The van der Waals surface area contributed by atoms with E-state index in [0.29, 0.717) is 6.54 Å². The summed E-state index contributed by atoms with van der Waals surface area (Å²) in [4.78, 5) is 15.9. The minimum Gasteiger partial charge on any atom is -0.340 e. The molecule has 0 radical (unpaired) electrons. The summed E-state index contributed by atoms with van der Waals surface area (Å²) in [5, 5.41) is 0. The van der Waals surface area contributed by atoms with Crippen LogP contribution in [0, 0.1) is 17.5 Å². The van der Waals surface area contributed by atoms with Crippen molar-refractivity contribution in [1.29, 1.82) is 0 Å². The molecule has 1 unspecified atom stereocenters. The monoisotopic (exact) mass is 300 g/mol. The van der Waals surface area contributed by atoms with Crippen LogP contribution in [0.2, 0.25) is 0 Å². The summed E-state index contributed by atoms with van der Waals surface area (Å²) < 4.78 is 39.3. The van der Waals surface area contributed by atoms with Gasteiger partial charge in [-0.1, -0.05) is 6.92 Å². The summed E-state index contributed by atoms with van der Waals surface area (Å²) in [5.41, 5.74) is -0.171. The molecule has 0 N–H and O–H groups in total. The summed E-state index contributed by atoms with van der Waals surface area (Å²) in [5.74, 6) is -4.75. The van der Waals surface area contributed by atoms with Gasteiger partial charge < -0.3 is 4.90 Å². The van der Waals surface area contributed by atoms with Crippen LogP contribution in [0.4, 0.5) is 13.2 Å². The van der Waals surface area contributed by atoms with E-state index in [1.807, 2.05) is 0 Å². The summed E-state index contributed by atoms with van der Waals surface area (Å²) >= 11 is 0. The second-order valence-electron chi connectivity index (χ2n) is 5.36. The molecule has 1 aliphatic rings. The molecule has 0 saturated carbocycles. The number of hydrogen-bond donors (Lipinski definition) is 0. The third-order valence-electron chi connectivity index (χ3n) is 3.97. The second-order valence-corrected chi connectivity index (χ2v) is 5.36. The number of amides is 1. The third-order valence-corrected chi connectivity index (χ3v) is 3.97. The summed E-state index contributed by atoms with van der Waals surface area (Å²) in [6.45, 7) is 4.47. The molecule has 116 valence electrons. The molecule has 6 heteroatoms. The molecule has 0 aromatic heterocycles. The quantitative estimate of drug-likeness (QED) is 0.798. The van der Waals surface area contributed by atoms with Gasteiger partial charge in [0.25, 0.3) is 5.91 Å². The first-order chi connectivity index (χ1) is 9.93. The topological polar surface area (TPSA) is 23.6 Å². The standard InChI is InChI=1S/C15H19F3N2O/c1-3-20-6-4-5-11(20)9-19(2)15(21)10-7-12(16)14(18)13(17)8-10/h7-8,11H,3-6,9H2,1-2H3. The highest BCUT2D eigenvalue weighted by atomic mass is 19.2. The van der Waals surface area contributed by atoms with Crippen molar-refractivity contribution in [3.8, 4) is 0 Å². The van der Waals surface area contributed by atoms with E-state index in [1.165, 1.54) is 4.90 Å². The van der Waals surface area contributed by atoms with Gasteiger partial charge in [-0.15, -0.1) is 0 Å². The van der Waals surface area contributed by atoms with E-state index in [0.717, 1.165) is 38.1 Å². The van der Waals surface area contributed by atoms with Crippen LogP contribution in [-0.2, 0) is 0 Å². The van der Waals surface area contributed by atoms with Gasteiger partial charge in [0.15, 0.2) is 17.5 Å². The smallest absolute Gasteiger partial charge is 0.253 e. The van der Waals surface area contributed by atoms with Gasteiger partial charge >= 0.3 is 0 Å². The molecule has 3 nitrogen and oxygen atoms in total. The fourth-order valence-corrected chi connectivity index (χ4v) is 2.82. The second kappa shape index (κ2) is 6.47. The zero-order valence-corrected chi connectivity index (χ0v) is 12.2. The molecular formula is C15H19F3N2O. The highest BCUT2D eigenvalue weighted by molar-refractivity contribution is 5.94. The Morgan fingerprint density at radius 3 is 2.52 bits per heavy atom. The summed E-state index contributed by atoms with van der Waals surface area (Å²) in [6.07, 6.45) is 2.08. The lowest BCUT2D eigenvalue weighted by molar-refractivity contribution is 0.0753. The molecule has 0 spiro atoms. The van der Waals surface area contributed by atoms with Crippen LogP contribution in [0.15, 0.2) is 12.1 Å². The number of likely N-dealkylation sites (tertiary alicyclic amines) is 1. The lowest BCUT2D eigenvalue weighted by Crippen LogP contribution is -2.41. The van der Waals surface area contributed by atoms with Crippen LogP contribution in [0.25, 0.3) is 0 Å². The molecule has 1 fully saturated rings. The zero-order chi connectivity index (χ0) is 15.6. The van der Waals surface area contributed by atoms with E-state index in [1.54, 1.807) is 7.05 Å². The van der Waals surface area contributed by atoms with E-state index in [4.69, 9.17) is 0 Å². The van der Waals surface area contributed by atoms with Crippen LogP contribution in [0.3, 0.4) is 0 Å². The normalized spacial score (nSPS) is 19.0. The van der Waals surface area contributed by atoms with E-state index < -0.39 is 23.4 Å². The van der Waals surface area contributed by atoms with E-state index >= 15 is 0 Å². The molecule has 1 atom stereocenters. The fraction of sp³-hybridized carbons (Fsp3) is 0.533. The highest BCUT2D eigenvalue weighted by Gasteiger charge is 2.26. The Labute approximate surface area is 122 Å². The van der Waals surface area contributed by atoms with Gasteiger partial charge in [0.2, 0.25) is 0 Å². The molecule has 21 heavy (non-hydrogen) atoms. The van der Waals surface area contributed by atoms with Crippen molar-refractivity contribution < 1.29 is 18.0 Å². The average molecular weight is 300 g/mol. The fourth-order valence-electron chi connectivity index (χ4n) is 2.82. The Kier molecular flexibility index (Phi) is 4.88. The molecule has 1 aromatic rings. The number of nitrogens with zero attached hydrogens (tertiary/aromatic N) is 2. The Bertz CT molecular complexity index is 513. The van der Waals surface area contributed by atoms with Gasteiger partial charge in [-0.2, -0.15) is 0 Å². The number of carbonyl (C=O) groups excluding carboxylic acids is 1. The van der Waals surface area contributed by atoms with Crippen molar-refractivity contribution >= 4 is 5.91 Å². The lowest BCUT2D eigenvalue weighted by Gasteiger charge is -2.27. The van der Waals surface area contributed by atoms with Crippen molar-refractivity contribution in [3.05, 3.63) is 35.1 Å². The van der Waals surface area contributed by atoms with Gasteiger partial charge in [-0.25, -0.2) is 13.2 Å². The predicted octanol–water partition coefficient (Wildman–Crippen LogP) is 2.66. The van der Waals surface area contributed by atoms with Crippen molar-refractivity contribution in [3.63, 3.8) is 0 Å². The molecule has 0 bridgehead atoms. The number of carbonyl (C=O) groups is 1. The van der Waals surface area contributed by atoms with Crippen LogP contribution in [0.1, 0.15) is 30.1 Å². The minimum atomic E-state index is -1.55. The lowest BCUT2D eigenvalue weighted by atomic mass is 10.1. The first kappa shape index (κ1) is 15.8. The average Bonchev–Trinajstić information content (AvgIpc) is 2.90. The molecule has 2 rings (SSSR count). The van der Waals surface area contributed by atoms with Crippen molar-refractivity contribution in [1.82, 2.24) is 9.80 Å². The largest absolute Gasteiger partial charge is 0.340 e. The van der Waals surface area contributed by atoms with E-state index in [2.05, 4.69) is 11.8 Å². The molecule has 0 aliphatic carbocycles. The van der Waals surface area contributed by atoms with Gasteiger partial charge in [-0.05, 0) is 38.1 Å². The number of halogens is 3. The molecule has 1 heterocycles. The maximum atomic E-state index is 13.2. The summed E-state index contributed by atoms with van der Waals surface area (Å²) in [7, 11) is 1.59. The Balaban J connectivity index is 2.09. The molecular weight excluding hydrogens is 281 g/mol. The van der Waals surface area contributed by atoms with Gasteiger partial charge in [-0.3, -0.25) is 9.69 Å². The maximum Gasteiger partial charge on any atom is 0.253 e. The number of rotatable bonds is 4. The van der Waals surface area contributed by atoms with Crippen LogP contribution in [0.5, 0.6) is 0 Å². The van der Waals surface area contributed by atoms with E-state index in [9.17, 15) is 18.0 Å². The zero-order valence-electron chi connectivity index (χ0n) is 12.2. The maximum absolute atomic E-state index is 13.2. The van der Waals surface area contributed by atoms with Gasteiger partial charge in [0.1, 0.15) is 0 Å². The Hall–Kier alpha value is -1.56. The van der Waals surface area contributed by atoms with Crippen molar-refractivity contribution in [2.45, 2.75) is 25.8 Å². The number of hydrogen-bond acceptors (Lipinski definition) is 2. The van der Waals surface area contributed by atoms with Crippen molar-refractivity contribution in [2.24, 2.45) is 0 Å². The van der Waals surface area contributed by atoms with Crippen LogP contribution >= 0.6 is 0 Å². The van der Waals surface area contributed by atoms with Gasteiger partial charge in [0.05, 0.1) is 0 Å². The summed E-state index contributed by atoms with van der Waals surface area (Å²) in [6, 6.07) is 1.74. The van der Waals surface area contributed by atoms with Crippen LogP contribution in [-0.4, -0.2) is 48.4 Å². The Morgan fingerprint density at radius 1 is 1.33 bits per heavy atom. The van der Waals surface area contributed by atoms with Crippen molar-refractivity contribution in [2.75, 3.05) is 26.7 Å². The third kappa shape index (κ3) is 3.37. The van der Waals surface area contributed by atoms with Crippen LogP contribution < -0.4 is 0 Å². The molecule has 1 amide bonds. The van der Waals surface area contributed by atoms with E-state index in [-0.39, 0.29) is 11.6 Å². The molecule has 1 aliphatic heterocycles. The highest BCUT2D eigenvalue weighted by Crippen LogP contribution is 2.19. The molecule has 1 saturated heterocycles.